The van der Waals surface area contributed by atoms with Gasteiger partial charge < -0.3 is 14.4 Å². The van der Waals surface area contributed by atoms with Crippen molar-refractivity contribution in [2.75, 3.05) is 20.2 Å². The highest BCUT2D eigenvalue weighted by molar-refractivity contribution is 8.00. The Morgan fingerprint density at radius 3 is 2.71 bits per heavy atom. The first-order chi connectivity index (χ1) is 9.89. The molecule has 1 heterocycles. The first kappa shape index (κ1) is 16.0. The van der Waals surface area contributed by atoms with Crippen LogP contribution in [0.2, 0.25) is 0 Å². The standard InChI is InChI=1S/C16H23NO3S/c1-16(2,3)20-15(18)17-10-9-12(11-17)21-14-8-6-5-7-13(14)19-4/h5-8,12H,9-11H2,1-4H3. The number of benzene rings is 1. The van der Waals surface area contributed by atoms with Gasteiger partial charge >= 0.3 is 6.09 Å². The van der Waals surface area contributed by atoms with E-state index in [0.29, 0.717) is 5.25 Å². The Morgan fingerprint density at radius 2 is 2.05 bits per heavy atom. The van der Waals surface area contributed by atoms with E-state index in [2.05, 4.69) is 6.07 Å². The summed E-state index contributed by atoms with van der Waals surface area (Å²) in [6.07, 6.45) is 0.757. The Morgan fingerprint density at radius 1 is 1.33 bits per heavy atom. The first-order valence-corrected chi connectivity index (χ1v) is 8.04. The number of methoxy groups -OCH3 is 1. The van der Waals surface area contributed by atoms with Crippen LogP contribution in [0.4, 0.5) is 4.79 Å². The lowest BCUT2D eigenvalue weighted by atomic mass is 10.2. The fraction of sp³-hybridized carbons (Fsp3) is 0.562. The Bertz CT molecular complexity index is 499. The number of carbonyl (C=O) groups is 1. The minimum atomic E-state index is -0.440. The molecule has 4 nitrogen and oxygen atoms in total. The number of ether oxygens (including phenoxy) is 2. The number of rotatable bonds is 3. The van der Waals surface area contributed by atoms with Gasteiger partial charge in [0.15, 0.2) is 0 Å². The van der Waals surface area contributed by atoms with Crippen molar-refractivity contribution < 1.29 is 14.3 Å². The van der Waals surface area contributed by atoms with E-state index in [1.165, 1.54) is 0 Å². The Kier molecular flexibility index (Phi) is 5.04. The van der Waals surface area contributed by atoms with E-state index >= 15 is 0 Å². The molecule has 1 unspecified atom stereocenters. The summed E-state index contributed by atoms with van der Waals surface area (Å²) in [6.45, 7) is 7.14. The van der Waals surface area contributed by atoms with E-state index in [9.17, 15) is 4.79 Å². The van der Waals surface area contributed by atoms with Crippen LogP contribution < -0.4 is 4.74 Å². The Balaban J connectivity index is 1.92. The van der Waals surface area contributed by atoms with E-state index in [-0.39, 0.29) is 6.09 Å². The molecule has 0 aromatic heterocycles. The maximum atomic E-state index is 12.1. The normalized spacial score (nSPS) is 18.7. The monoisotopic (exact) mass is 309 g/mol. The molecule has 1 aliphatic heterocycles. The number of para-hydroxylation sites is 1. The maximum Gasteiger partial charge on any atom is 0.410 e. The molecular formula is C16H23NO3S. The Hall–Kier alpha value is -1.36. The van der Waals surface area contributed by atoms with Crippen molar-refractivity contribution >= 4 is 17.9 Å². The Labute approximate surface area is 130 Å². The second-order valence-corrected chi connectivity index (χ2v) is 7.45. The minimum Gasteiger partial charge on any atom is -0.496 e. The van der Waals surface area contributed by atoms with Crippen molar-refractivity contribution in [3.8, 4) is 5.75 Å². The smallest absolute Gasteiger partial charge is 0.410 e. The SMILES string of the molecule is COc1ccccc1SC1CCN(C(=O)OC(C)(C)C)C1. The van der Waals surface area contributed by atoms with E-state index in [4.69, 9.17) is 9.47 Å². The summed E-state index contributed by atoms with van der Waals surface area (Å²) in [5, 5.41) is 0.383. The third kappa shape index (κ3) is 4.56. The number of hydrogen-bond donors (Lipinski definition) is 0. The quantitative estimate of drug-likeness (QED) is 0.851. The third-order valence-electron chi connectivity index (χ3n) is 3.16. The molecule has 21 heavy (non-hydrogen) atoms. The van der Waals surface area contributed by atoms with Crippen LogP contribution >= 0.6 is 11.8 Å². The molecule has 0 N–H and O–H groups in total. The lowest BCUT2D eigenvalue weighted by Crippen LogP contribution is -2.35. The topological polar surface area (TPSA) is 38.8 Å². The number of nitrogens with zero attached hydrogens (tertiary/aromatic N) is 1. The highest BCUT2D eigenvalue weighted by atomic mass is 32.2. The second-order valence-electron chi connectivity index (χ2n) is 6.11. The molecule has 0 radical (unpaired) electrons. The maximum absolute atomic E-state index is 12.1. The zero-order chi connectivity index (χ0) is 15.5. The van der Waals surface area contributed by atoms with Crippen molar-refractivity contribution in [1.29, 1.82) is 0 Å². The fourth-order valence-corrected chi connectivity index (χ4v) is 3.47. The van der Waals surface area contributed by atoms with Gasteiger partial charge in [0.2, 0.25) is 0 Å². The van der Waals surface area contributed by atoms with Crippen molar-refractivity contribution in [3.05, 3.63) is 24.3 Å². The molecule has 1 fully saturated rings. The van der Waals surface area contributed by atoms with Gasteiger partial charge in [0.05, 0.1) is 7.11 Å². The molecule has 5 heteroatoms. The van der Waals surface area contributed by atoms with Crippen LogP contribution in [0, 0.1) is 0 Å². The molecule has 0 bridgehead atoms. The molecule has 1 aromatic rings. The average Bonchev–Trinajstić information content (AvgIpc) is 2.86. The van der Waals surface area contributed by atoms with Crippen molar-refractivity contribution in [2.24, 2.45) is 0 Å². The van der Waals surface area contributed by atoms with Gasteiger partial charge in [-0.15, -0.1) is 11.8 Å². The molecule has 1 aliphatic rings. The van der Waals surface area contributed by atoms with Gasteiger partial charge in [0.1, 0.15) is 11.4 Å². The summed E-state index contributed by atoms with van der Waals surface area (Å²) in [5.41, 5.74) is -0.440. The van der Waals surface area contributed by atoms with Gasteiger partial charge in [-0.25, -0.2) is 4.79 Å². The van der Waals surface area contributed by atoms with E-state index < -0.39 is 5.60 Å². The van der Waals surface area contributed by atoms with Crippen LogP contribution in [-0.2, 0) is 4.74 Å². The highest BCUT2D eigenvalue weighted by Crippen LogP contribution is 2.35. The number of carbonyl (C=O) groups excluding carboxylic acids is 1. The molecule has 1 saturated heterocycles. The average molecular weight is 309 g/mol. The molecule has 0 aliphatic carbocycles. The summed E-state index contributed by atoms with van der Waals surface area (Å²) in [6, 6.07) is 7.98. The van der Waals surface area contributed by atoms with Gasteiger partial charge in [0.25, 0.3) is 0 Å². The number of hydrogen-bond acceptors (Lipinski definition) is 4. The summed E-state index contributed by atoms with van der Waals surface area (Å²) in [5.74, 6) is 0.887. The van der Waals surface area contributed by atoms with Gasteiger partial charge in [-0.05, 0) is 39.3 Å². The van der Waals surface area contributed by atoms with Crippen molar-refractivity contribution in [2.45, 2.75) is 42.9 Å². The highest BCUT2D eigenvalue weighted by Gasteiger charge is 2.30. The van der Waals surface area contributed by atoms with Crippen LogP contribution in [-0.4, -0.2) is 42.0 Å². The second kappa shape index (κ2) is 6.60. The van der Waals surface area contributed by atoms with Crippen LogP contribution in [0.15, 0.2) is 29.2 Å². The van der Waals surface area contributed by atoms with Crippen molar-refractivity contribution in [1.82, 2.24) is 4.90 Å². The molecule has 0 spiro atoms. The van der Waals surface area contributed by atoms with E-state index in [1.807, 2.05) is 39.0 Å². The molecule has 0 saturated carbocycles. The molecule has 1 aromatic carbocycles. The predicted molar refractivity (Wildman–Crippen MR) is 85.1 cm³/mol. The third-order valence-corrected chi connectivity index (χ3v) is 4.47. The van der Waals surface area contributed by atoms with Gasteiger partial charge in [0, 0.05) is 23.2 Å². The minimum absolute atomic E-state index is 0.217. The molecule has 1 amide bonds. The largest absolute Gasteiger partial charge is 0.496 e. The lowest BCUT2D eigenvalue weighted by molar-refractivity contribution is 0.0295. The van der Waals surface area contributed by atoms with E-state index in [1.54, 1.807) is 23.8 Å². The van der Waals surface area contributed by atoms with Gasteiger partial charge in [-0.2, -0.15) is 0 Å². The summed E-state index contributed by atoms with van der Waals surface area (Å²) in [7, 11) is 1.68. The molecule has 116 valence electrons. The first-order valence-electron chi connectivity index (χ1n) is 7.16. The van der Waals surface area contributed by atoms with Crippen LogP contribution in [0.1, 0.15) is 27.2 Å². The van der Waals surface area contributed by atoms with E-state index in [0.717, 1.165) is 30.2 Å². The fourth-order valence-electron chi connectivity index (χ4n) is 2.21. The molecule has 1 atom stereocenters. The molecule has 2 rings (SSSR count). The summed E-state index contributed by atoms with van der Waals surface area (Å²) in [4.78, 5) is 15.0. The van der Waals surface area contributed by atoms with Crippen LogP contribution in [0.25, 0.3) is 0 Å². The number of amides is 1. The lowest BCUT2D eigenvalue weighted by Gasteiger charge is -2.24. The summed E-state index contributed by atoms with van der Waals surface area (Å²) < 4.78 is 10.8. The zero-order valence-electron chi connectivity index (χ0n) is 13.1. The van der Waals surface area contributed by atoms with Crippen LogP contribution in [0.3, 0.4) is 0 Å². The van der Waals surface area contributed by atoms with Gasteiger partial charge in [-0.1, -0.05) is 12.1 Å². The van der Waals surface area contributed by atoms with Crippen LogP contribution in [0.5, 0.6) is 5.75 Å². The van der Waals surface area contributed by atoms with Crippen molar-refractivity contribution in [3.63, 3.8) is 0 Å². The summed E-state index contributed by atoms with van der Waals surface area (Å²) >= 11 is 1.77. The zero-order valence-corrected chi connectivity index (χ0v) is 13.9. The van der Waals surface area contributed by atoms with Gasteiger partial charge in [-0.3, -0.25) is 0 Å². The number of likely N-dealkylation sites (tertiary alicyclic amines) is 1. The predicted octanol–water partition coefficient (Wildman–Crippen LogP) is 3.80. The number of thioether (sulfide) groups is 1. The molecular weight excluding hydrogens is 286 g/mol.